The van der Waals surface area contributed by atoms with Gasteiger partial charge in [-0.05, 0) is 26.2 Å². The summed E-state index contributed by atoms with van der Waals surface area (Å²) in [6.07, 6.45) is 1.86. The highest BCUT2D eigenvalue weighted by atomic mass is 16.5. The van der Waals surface area contributed by atoms with Gasteiger partial charge in [-0.2, -0.15) is 0 Å². The van der Waals surface area contributed by atoms with E-state index in [0.717, 1.165) is 6.42 Å². The van der Waals surface area contributed by atoms with Gasteiger partial charge in [0.05, 0.1) is 24.0 Å². The molecule has 0 aromatic carbocycles. The molecule has 0 saturated heterocycles. The molecule has 0 bridgehead atoms. The molecule has 2 N–H and O–H groups in total. The molecule has 0 spiro atoms. The van der Waals surface area contributed by atoms with Crippen molar-refractivity contribution in [1.29, 1.82) is 0 Å². The molecule has 0 aromatic rings. The summed E-state index contributed by atoms with van der Waals surface area (Å²) in [5.74, 6) is -1.96. The Kier molecular flexibility index (Phi) is 4.42. The van der Waals surface area contributed by atoms with Gasteiger partial charge in [-0.25, -0.2) is 0 Å². The summed E-state index contributed by atoms with van der Waals surface area (Å²) in [7, 11) is 1.60. The standard InChI is InChI=1S/C13H21NO5/c1-3-19-10-6-9(11(10)18-2)14-12(15)7-4-5-8(7)13(16)17/h7-11H,3-6H2,1-2H3,(H,14,15)(H,16,17). The molecule has 108 valence electrons. The minimum atomic E-state index is -0.879. The van der Waals surface area contributed by atoms with E-state index in [0.29, 0.717) is 19.4 Å². The minimum absolute atomic E-state index is 0.0250. The van der Waals surface area contributed by atoms with Crippen LogP contribution in [0.3, 0.4) is 0 Å². The second-order valence-corrected chi connectivity index (χ2v) is 5.17. The molecule has 2 saturated carbocycles. The van der Waals surface area contributed by atoms with Crippen LogP contribution < -0.4 is 5.32 Å². The maximum absolute atomic E-state index is 12.0. The van der Waals surface area contributed by atoms with Crippen LogP contribution in [0.1, 0.15) is 26.2 Å². The van der Waals surface area contributed by atoms with Crippen LogP contribution in [0.15, 0.2) is 0 Å². The maximum Gasteiger partial charge on any atom is 0.307 e. The summed E-state index contributed by atoms with van der Waals surface area (Å²) in [6.45, 7) is 2.54. The number of rotatable bonds is 6. The van der Waals surface area contributed by atoms with Gasteiger partial charge in [-0.15, -0.1) is 0 Å². The van der Waals surface area contributed by atoms with Crippen LogP contribution in [0.4, 0.5) is 0 Å². The minimum Gasteiger partial charge on any atom is -0.481 e. The normalized spacial score (nSPS) is 37.1. The van der Waals surface area contributed by atoms with Crippen molar-refractivity contribution in [2.45, 2.75) is 44.4 Å². The number of carboxylic acid groups (broad SMARTS) is 1. The molecular formula is C13H21NO5. The average molecular weight is 271 g/mol. The second kappa shape index (κ2) is 5.88. The molecule has 0 aromatic heterocycles. The smallest absolute Gasteiger partial charge is 0.307 e. The molecule has 0 aliphatic heterocycles. The number of methoxy groups -OCH3 is 1. The molecule has 2 aliphatic rings. The van der Waals surface area contributed by atoms with Crippen molar-refractivity contribution in [2.75, 3.05) is 13.7 Å². The van der Waals surface area contributed by atoms with Crippen LogP contribution >= 0.6 is 0 Å². The topological polar surface area (TPSA) is 84.9 Å². The van der Waals surface area contributed by atoms with E-state index >= 15 is 0 Å². The van der Waals surface area contributed by atoms with Crippen LogP contribution in [-0.2, 0) is 19.1 Å². The molecule has 1 amide bonds. The third-order valence-electron chi connectivity index (χ3n) is 4.16. The first-order valence-electron chi connectivity index (χ1n) is 6.76. The summed E-state index contributed by atoms with van der Waals surface area (Å²) >= 11 is 0. The SMILES string of the molecule is CCOC1CC(NC(=O)C2CCC2C(=O)O)C1OC. The van der Waals surface area contributed by atoms with Gasteiger partial charge < -0.3 is 19.9 Å². The van der Waals surface area contributed by atoms with Crippen molar-refractivity contribution in [3.8, 4) is 0 Å². The third kappa shape index (κ3) is 2.74. The first kappa shape index (κ1) is 14.3. The molecule has 0 radical (unpaired) electrons. The fraction of sp³-hybridized carbons (Fsp3) is 0.846. The Morgan fingerprint density at radius 2 is 2.00 bits per heavy atom. The van der Waals surface area contributed by atoms with E-state index in [9.17, 15) is 9.59 Å². The van der Waals surface area contributed by atoms with Crippen molar-refractivity contribution in [3.05, 3.63) is 0 Å². The molecule has 2 rings (SSSR count). The van der Waals surface area contributed by atoms with Gasteiger partial charge in [0.1, 0.15) is 6.10 Å². The van der Waals surface area contributed by atoms with E-state index in [-0.39, 0.29) is 30.1 Å². The molecule has 0 heterocycles. The number of carbonyl (C=O) groups excluding carboxylic acids is 1. The zero-order valence-electron chi connectivity index (χ0n) is 11.3. The number of amides is 1. The third-order valence-corrected chi connectivity index (χ3v) is 4.16. The van der Waals surface area contributed by atoms with Crippen molar-refractivity contribution < 1.29 is 24.2 Å². The average Bonchev–Trinajstić information content (AvgIpc) is 2.25. The Labute approximate surface area is 112 Å². The van der Waals surface area contributed by atoms with Crippen LogP contribution in [0, 0.1) is 11.8 Å². The second-order valence-electron chi connectivity index (χ2n) is 5.17. The highest BCUT2D eigenvalue weighted by Gasteiger charge is 2.46. The van der Waals surface area contributed by atoms with Gasteiger partial charge in [-0.3, -0.25) is 9.59 Å². The zero-order valence-corrected chi connectivity index (χ0v) is 11.3. The quantitative estimate of drug-likeness (QED) is 0.730. The maximum atomic E-state index is 12.0. The largest absolute Gasteiger partial charge is 0.481 e. The van der Waals surface area contributed by atoms with Gasteiger partial charge >= 0.3 is 5.97 Å². The predicted molar refractivity (Wildman–Crippen MR) is 66.6 cm³/mol. The molecule has 6 nitrogen and oxygen atoms in total. The lowest BCUT2D eigenvalue weighted by Gasteiger charge is -2.44. The number of carboxylic acids is 1. The lowest BCUT2D eigenvalue weighted by Crippen LogP contribution is -2.62. The van der Waals surface area contributed by atoms with Crippen LogP contribution in [-0.4, -0.2) is 48.9 Å². The van der Waals surface area contributed by atoms with Gasteiger partial charge in [0.25, 0.3) is 0 Å². The fourth-order valence-corrected chi connectivity index (χ4v) is 2.82. The van der Waals surface area contributed by atoms with Gasteiger partial charge in [0, 0.05) is 13.7 Å². The summed E-state index contributed by atoms with van der Waals surface area (Å²) in [5, 5.41) is 11.8. The first-order valence-corrected chi connectivity index (χ1v) is 6.76. The van der Waals surface area contributed by atoms with Crippen molar-refractivity contribution in [2.24, 2.45) is 11.8 Å². The van der Waals surface area contributed by atoms with Crippen molar-refractivity contribution >= 4 is 11.9 Å². The summed E-state index contributed by atoms with van der Waals surface area (Å²) in [4.78, 5) is 22.9. The summed E-state index contributed by atoms with van der Waals surface area (Å²) in [5.41, 5.74) is 0. The zero-order chi connectivity index (χ0) is 14.0. The molecule has 2 fully saturated rings. The van der Waals surface area contributed by atoms with Crippen LogP contribution in [0.25, 0.3) is 0 Å². The van der Waals surface area contributed by atoms with E-state index < -0.39 is 11.9 Å². The lowest BCUT2D eigenvalue weighted by atomic mass is 9.72. The lowest BCUT2D eigenvalue weighted by molar-refractivity contribution is -0.157. The number of ether oxygens (including phenoxy) is 2. The highest BCUT2D eigenvalue weighted by molar-refractivity contribution is 5.86. The number of carbonyl (C=O) groups is 2. The van der Waals surface area contributed by atoms with Gasteiger partial charge in [0.2, 0.25) is 5.91 Å². The van der Waals surface area contributed by atoms with Gasteiger partial charge in [0.15, 0.2) is 0 Å². The fourth-order valence-electron chi connectivity index (χ4n) is 2.82. The van der Waals surface area contributed by atoms with Crippen molar-refractivity contribution in [3.63, 3.8) is 0 Å². The van der Waals surface area contributed by atoms with Gasteiger partial charge in [-0.1, -0.05) is 0 Å². The number of hydrogen-bond donors (Lipinski definition) is 2. The van der Waals surface area contributed by atoms with E-state index in [1.807, 2.05) is 6.92 Å². The Balaban J connectivity index is 1.82. The first-order chi connectivity index (χ1) is 9.08. The number of hydrogen-bond acceptors (Lipinski definition) is 4. The number of nitrogens with one attached hydrogen (secondary N) is 1. The molecule has 19 heavy (non-hydrogen) atoms. The molecular weight excluding hydrogens is 250 g/mol. The summed E-state index contributed by atoms with van der Waals surface area (Å²) < 4.78 is 10.8. The number of aliphatic carboxylic acids is 1. The molecule has 6 heteroatoms. The van der Waals surface area contributed by atoms with Crippen LogP contribution in [0.5, 0.6) is 0 Å². The highest BCUT2D eigenvalue weighted by Crippen LogP contribution is 2.35. The van der Waals surface area contributed by atoms with Crippen LogP contribution in [0.2, 0.25) is 0 Å². The van der Waals surface area contributed by atoms with E-state index in [4.69, 9.17) is 14.6 Å². The van der Waals surface area contributed by atoms with E-state index in [2.05, 4.69) is 5.32 Å². The molecule has 5 atom stereocenters. The summed E-state index contributed by atoms with van der Waals surface area (Å²) in [6, 6.07) is -0.0657. The Morgan fingerprint density at radius 3 is 2.47 bits per heavy atom. The molecule has 5 unspecified atom stereocenters. The van der Waals surface area contributed by atoms with Crippen molar-refractivity contribution in [1.82, 2.24) is 5.32 Å². The Bertz CT molecular complexity index is 359. The Hall–Kier alpha value is -1.14. The van der Waals surface area contributed by atoms with E-state index in [1.165, 1.54) is 0 Å². The monoisotopic (exact) mass is 271 g/mol. The predicted octanol–water partition coefficient (Wildman–Crippen LogP) is 0.406. The van der Waals surface area contributed by atoms with E-state index in [1.54, 1.807) is 7.11 Å². The Morgan fingerprint density at radius 1 is 1.32 bits per heavy atom. The molecule has 2 aliphatic carbocycles.